The first-order valence-electron chi connectivity index (χ1n) is 9.05. The Bertz CT molecular complexity index is 712. The molecule has 2 heterocycles. The summed E-state index contributed by atoms with van der Waals surface area (Å²) < 4.78 is 1.97. The number of nitrogens with one attached hydrogen (secondary N) is 2. The molecule has 0 bridgehead atoms. The van der Waals surface area contributed by atoms with Crippen LogP contribution in [-0.4, -0.2) is 34.1 Å². The molecule has 6 nitrogen and oxygen atoms in total. The molecule has 0 radical (unpaired) electrons. The van der Waals surface area contributed by atoms with E-state index >= 15 is 0 Å². The van der Waals surface area contributed by atoms with Gasteiger partial charge in [0.2, 0.25) is 0 Å². The van der Waals surface area contributed by atoms with Crippen LogP contribution in [0.5, 0.6) is 0 Å². The molecule has 142 valence electrons. The fourth-order valence-electron chi connectivity index (χ4n) is 3.29. The number of aliphatic imine (C=N–C) groups is 1. The molecule has 0 aliphatic heterocycles. The lowest BCUT2D eigenvalue weighted by atomic mass is 9.67. The summed E-state index contributed by atoms with van der Waals surface area (Å²) >= 11 is 0. The van der Waals surface area contributed by atoms with Crippen molar-refractivity contribution in [1.82, 2.24) is 25.2 Å². The van der Waals surface area contributed by atoms with Gasteiger partial charge >= 0.3 is 0 Å². The van der Waals surface area contributed by atoms with Crippen LogP contribution < -0.4 is 10.6 Å². The number of imidazole rings is 1. The van der Waals surface area contributed by atoms with Crippen LogP contribution in [0, 0.1) is 12.3 Å². The monoisotopic (exact) mass is 468 g/mol. The Morgan fingerprint density at radius 3 is 2.58 bits per heavy atom. The maximum absolute atomic E-state index is 4.53. The first-order valence-corrected chi connectivity index (χ1v) is 9.05. The van der Waals surface area contributed by atoms with Crippen molar-refractivity contribution >= 4 is 29.9 Å². The second kappa shape index (κ2) is 9.34. The van der Waals surface area contributed by atoms with Gasteiger partial charge in [-0.2, -0.15) is 0 Å². The van der Waals surface area contributed by atoms with Crippen molar-refractivity contribution in [3.63, 3.8) is 0 Å². The summed E-state index contributed by atoms with van der Waals surface area (Å²) in [5.41, 5.74) is 1.60. The number of halogens is 1. The Labute approximate surface area is 172 Å². The summed E-state index contributed by atoms with van der Waals surface area (Å²) in [5, 5.41) is 6.86. The van der Waals surface area contributed by atoms with Crippen LogP contribution in [0.25, 0.3) is 5.82 Å². The number of rotatable bonds is 6. The quantitative estimate of drug-likeness (QED) is 0.387. The van der Waals surface area contributed by atoms with E-state index < -0.39 is 0 Å². The van der Waals surface area contributed by atoms with Crippen LogP contribution in [0.2, 0.25) is 0 Å². The van der Waals surface area contributed by atoms with Crippen molar-refractivity contribution in [2.45, 2.75) is 46.1 Å². The fraction of sp³-hybridized carbons (Fsp3) is 0.526. The van der Waals surface area contributed by atoms with Crippen LogP contribution in [-0.2, 0) is 6.54 Å². The van der Waals surface area contributed by atoms with Gasteiger partial charge in [0.25, 0.3) is 0 Å². The van der Waals surface area contributed by atoms with Gasteiger partial charge in [-0.15, -0.1) is 24.0 Å². The van der Waals surface area contributed by atoms with Crippen molar-refractivity contribution < 1.29 is 0 Å². The Balaban J connectivity index is 0.00000243. The molecule has 0 unspecified atom stereocenters. The molecule has 2 N–H and O–H groups in total. The Hall–Kier alpha value is -1.64. The zero-order valence-electron chi connectivity index (χ0n) is 15.8. The minimum Gasteiger partial charge on any atom is -0.356 e. The predicted molar refractivity (Wildman–Crippen MR) is 116 cm³/mol. The molecule has 0 amide bonds. The Kier molecular flexibility index (Phi) is 7.43. The second-order valence-corrected chi connectivity index (χ2v) is 6.86. The summed E-state index contributed by atoms with van der Waals surface area (Å²) in [4.78, 5) is 13.1. The SMILES string of the molecule is CCC1(CNC(=NC)NCc2ccc(-n3ccnc3C)nc2)CCC1.I. The third-order valence-electron chi connectivity index (χ3n) is 5.36. The minimum atomic E-state index is 0. The first kappa shape index (κ1) is 20.7. The average molecular weight is 468 g/mol. The molecule has 1 fully saturated rings. The molecule has 0 aromatic carbocycles. The summed E-state index contributed by atoms with van der Waals surface area (Å²) in [5.74, 6) is 2.68. The van der Waals surface area contributed by atoms with Gasteiger partial charge in [0.05, 0.1) is 0 Å². The Morgan fingerprint density at radius 1 is 1.27 bits per heavy atom. The second-order valence-electron chi connectivity index (χ2n) is 6.86. The van der Waals surface area contributed by atoms with Gasteiger partial charge in [-0.25, -0.2) is 9.97 Å². The van der Waals surface area contributed by atoms with Gasteiger partial charge in [-0.05, 0) is 43.2 Å². The molecule has 2 aromatic heterocycles. The van der Waals surface area contributed by atoms with E-state index in [-0.39, 0.29) is 24.0 Å². The lowest BCUT2D eigenvalue weighted by Crippen LogP contribution is -2.46. The van der Waals surface area contributed by atoms with Crippen molar-refractivity contribution in [1.29, 1.82) is 0 Å². The highest BCUT2D eigenvalue weighted by Gasteiger charge is 2.34. The summed E-state index contributed by atoms with van der Waals surface area (Å²) in [6.07, 6.45) is 10.8. The third kappa shape index (κ3) is 4.75. The van der Waals surface area contributed by atoms with Gasteiger partial charge in [-0.3, -0.25) is 9.56 Å². The highest BCUT2D eigenvalue weighted by atomic mass is 127. The summed E-state index contributed by atoms with van der Waals surface area (Å²) in [6, 6.07) is 4.10. The molecule has 0 atom stereocenters. The summed E-state index contributed by atoms with van der Waals surface area (Å²) in [6.45, 7) is 5.96. The van der Waals surface area contributed by atoms with E-state index in [1.165, 1.54) is 25.7 Å². The van der Waals surface area contributed by atoms with Crippen LogP contribution in [0.3, 0.4) is 0 Å². The van der Waals surface area contributed by atoms with E-state index in [1.54, 1.807) is 6.20 Å². The standard InChI is InChI=1S/C19H28N6.HI/c1-4-19(8-5-9-19)14-24-18(20-3)23-13-16-6-7-17(22-12-16)25-11-10-21-15(25)2;/h6-7,10-12H,4-5,8-9,13-14H2,1-3H3,(H2,20,23,24);1H. The van der Waals surface area contributed by atoms with E-state index in [1.807, 2.05) is 37.0 Å². The summed E-state index contributed by atoms with van der Waals surface area (Å²) in [7, 11) is 1.82. The normalized spacial score (nSPS) is 15.7. The van der Waals surface area contributed by atoms with Gasteiger partial charge < -0.3 is 10.6 Å². The zero-order valence-corrected chi connectivity index (χ0v) is 18.2. The average Bonchev–Trinajstić information content (AvgIpc) is 3.03. The lowest BCUT2D eigenvalue weighted by Gasteiger charge is -2.41. The molecule has 7 heteroatoms. The molecule has 3 rings (SSSR count). The lowest BCUT2D eigenvalue weighted by molar-refractivity contribution is 0.131. The van der Waals surface area contributed by atoms with E-state index in [0.29, 0.717) is 12.0 Å². The van der Waals surface area contributed by atoms with E-state index in [2.05, 4.69) is 38.6 Å². The number of aryl methyl sites for hydroxylation is 1. The first-order chi connectivity index (χ1) is 12.2. The zero-order chi connectivity index (χ0) is 17.7. The highest BCUT2D eigenvalue weighted by Crippen LogP contribution is 2.42. The van der Waals surface area contributed by atoms with Crippen molar-refractivity contribution in [3.05, 3.63) is 42.1 Å². The number of guanidine groups is 1. The van der Waals surface area contributed by atoms with Crippen LogP contribution in [0.15, 0.2) is 35.7 Å². The van der Waals surface area contributed by atoms with Crippen LogP contribution in [0.4, 0.5) is 0 Å². The molecule has 26 heavy (non-hydrogen) atoms. The van der Waals surface area contributed by atoms with Crippen molar-refractivity contribution in [3.8, 4) is 5.82 Å². The van der Waals surface area contributed by atoms with E-state index in [0.717, 1.165) is 29.7 Å². The van der Waals surface area contributed by atoms with Gasteiger partial charge in [0, 0.05) is 38.7 Å². The van der Waals surface area contributed by atoms with E-state index in [4.69, 9.17) is 0 Å². The van der Waals surface area contributed by atoms with Gasteiger partial charge in [-0.1, -0.05) is 19.4 Å². The molecule has 0 spiro atoms. The maximum Gasteiger partial charge on any atom is 0.191 e. The highest BCUT2D eigenvalue weighted by molar-refractivity contribution is 14.0. The van der Waals surface area contributed by atoms with Gasteiger partial charge in [0.1, 0.15) is 11.6 Å². The van der Waals surface area contributed by atoms with Crippen LogP contribution in [0.1, 0.15) is 44.0 Å². The molecular formula is C19H29IN6. The fourth-order valence-corrected chi connectivity index (χ4v) is 3.29. The smallest absolute Gasteiger partial charge is 0.191 e. The molecule has 1 aliphatic rings. The number of nitrogens with zero attached hydrogens (tertiary/aromatic N) is 4. The number of pyridine rings is 1. The number of hydrogen-bond acceptors (Lipinski definition) is 3. The largest absolute Gasteiger partial charge is 0.356 e. The van der Waals surface area contributed by atoms with Crippen molar-refractivity contribution in [2.24, 2.45) is 10.4 Å². The molecular weight excluding hydrogens is 439 g/mol. The number of hydrogen-bond donors (Lipinski definition) is 2. The van der Waals surface area contributed by atoms with Crippen LogP contribution >= 0.6 is 24.0 Å². The van der Waals surface area contributed by atoms with Crippen molar-refractivity contribution in [2.75, 3.05) is 13.6 Å². The Morgan fingerprint density at radius 2 is 2.08 bits per heavy atom. The maximum atomic E-state index is 4.53. The molecule has 2 aromatic rings. The third-order valence-corrected chi connectivity index (χ3v) is 5.36. The predicted octanol–water partition coefficient (Wildman–Crippen LogP) is 3.44. The minimum absolute atomic E-state index is 0. The molecule has 0 saturated heterocycles. The molecule has 1 saturated carbocycles. The topological polar surface area (TPSA) is 67.1 Å². The number of aromatic nitrogens is 3. The van der Waals surface area contributed by atoms with E-state index in [9.17, 15) is 0 Å². The van der Waals surface area contributed by atoms with Gasteiger partial charge in [0.15, 0.2) is 5.96 Å². The molecule has 1 aliphatic carbocycles.